The lowest BCUT2D eigenvalue weighted by molar-refractivity contribution is -0.112. The lowest BCUT2D eigenvalue weighted by Gasteiger charge is -1.96. The van der Waals surface area contributed by atoms with Gasteiger partial charge in [-0.1, -0.05) is 5.16 Å². The van der Waals surface area contributed by atoms with E-state index in [0.29, 0.717) is 11.3 Å². The van der Waals surface area contributed by atoms with E-state index in [9.17, 15) is 9.18 Å². The van der Waals surface area contributed by atoms with Gasteiger partial charge in [0.25, 0.3) is 5.91 Å². The van der Waals surface area contributed by atoms with Gasteiger partial charge in [0, 0.05) is 10.9 Å². The Morgan fingerprint density at radius 1 is 1.39 bits per heavy atom. The average molecular weight is 265 g/mol. The number of hydrogen-bond acceptors (Lipinski definition) is 5. The molecule has 2 aromatic rings. The Hall–Kier alpha value is -2.28. The number of nitrogens with zero attached hydrogens (tertiary/aromatic N) is 2. The third-order valence-electron chi connectivity index (χ3n) is 2.18. The fourth-order valence-corrected chi connectivity index (χ4v) is 2.15. The second-order valence-corrected chi connectivity index (χ2v) is 4.22. The predicted molar refractivity (Wildman–Crippen MR) is 65.0 cm³/mol. The summed E-state index contributed by atoms with van der Waals surface area (Å²) in [6.45, 7) is 0. The molecule has 0 bridgehead atoms. The zero-order valence-electron chi connectivity index (χ0n) is 9.00. The zero-order valence-corrected chi connectivity index (χ0v) is 9.82. The van der Waals surface area contributed by atoms with Crippen LogP contribution in [0.5, 0.6) is 0 Å². The first-order valence-electron chi connectivity index (χ1n) is 4.85. The van der Waals surface area contributed by atoms with Crippen LogP contribution < -0.4 is 5.73 Å². The van der Waals surface area contributed by atoms with E-state index in [1.807, 2.05) is 0 Å². The molecule has 0 fully saturated rings. The van der Waals surface area contributed by atoms with Crippen molar-refractivity contribution in [1.29, 1.82) is 0 Å². The molecule has 0 atom stereocenters. The maximum absolute atomic E-state index is 12.8. The summed E-state index contributed by atoms with van der Waals surface area (Å²) in [5, 5.41) is 13.4. The summed E-state index contributed by atoms with van der Waals surface area (Å²) in [5.74, 6) is -1.21. The van der Waals surface area contributed by atoms with Gasteiger partial charge in [-0.25, -0.2) is 9.37 Å². The van der Waals surface area contributed by atoms with Crippen LogP contribution in [-0.2, 0) is 4.79 Å². The van der Waals surface area contributed by atoms with Crippen molar-refractivity contribution in [2.45, 2.75) is 0 Å². The molecule has 0 spiro atoms. The molecule has 0 aliphatic heterocycles. The quantitative estimate of drug-likeness (QED) is 0.502. The number of nitrogens with two attached hydrogens (primary N) is 1. The normalized spacial score (nSPS) is 11.5. The predicted octanol–water partition coefficient (Wildman–Crippen LogP) is 1.61. The van der Waals surface area contributed by atoms with Crippen LogP contribution in [0.2, 0.25) is 0 Å². The minimum atomic E-state index is -0.863. The number of carbonyl (C=O) groups is 1. The minimum absolute atomic E-state index is 0.212. The molecule has 18 heavy (non-hydrogen) atoms. The fraction of sp³-hybridized carbons (Fsp3) is 0. The summed E-state index contributed by atoms with van der Waals surface area (Å²) in [4.78, 5) is 15.1. The number of oxime groups is 1. The van der Waals surface area contributed by atoms with Crippen LogP contribution in [0.15, 0.2) is 34.8 Å². The van der Waals surface area contributed by atoms with Gasteiger partial charge in [0.15, 0.2) is 5.01 Å². The number of amides is 1. The molecule has 0 radical (unpaired) electrons. The van der Waals surface area contributed by atoms with Crippen molar-refractivity contribution in [2.24, 2.45) is 10.9 Å². The maximum atomic E-state index is 12.8. The highest BCUT2D eigenvalue weighted by atomic mass is 32.1. The summed E-state index contributed by atoms with van der Waals surface area (Å²) in [7, 11) is 0. The molecule has 1 heterocycles. The Morgan fingerprint density at radius 2 is 2.06 bits per heavy atom. The molecule has 3 N–H and O–H groups in total. The fourth-order valence-electron chi connectivity index (χ4n) is 1.33. The van der Waals surface area contributed by atoms with Crippen LogP contribution >= 0.6 is 11.3 Å². The standard InChI is InChI=1S/C11H8FN3O2S/c12-7-3-1-6(2-4-7)8-5-18-11(14-8)9(15-17)10(13)16/h1-5,17H,(H2,13,16). The van der Waals surface area contributed by atoms with Crippen LogP contribution in [0.1, 0.15) is 5.01 Å². The largest absolute Gasteiger partial charge is 0.410 e. The van der Waals surface area contributed by atoms with E-state index < -0.39 is 5.91 Å². The minimum Gasteiger partial charge on any atom is -0.410 e. The Kier molecular flexibility index (Phi) is 3.33. The number of thiazole rings is 1. The molecular weight excluding hydrogens is 257 g/mol. The molecule has 7 heteroatoms. The topological polar surface area (TPSA) is 88.6 Å². The van der Waals surface area contributed by atoms with Crippen molar-refractivity contribution in [3.8, 4) is 11.3 Å². The Bertz CT molecular complexity index is 607. The van der Waals surface area contributed by atoms with E-state index in [4.69, 9.17) is 10.9 Å². The second kappa shape index (κ2) is 4.92. The van der Waals surface area contributed by atoms with Crippen molar-refractivity contribution in [1.82, 2.24) is 4.98 Å². The second-order valence-electron chi connectivity index (χ2n) is 3.36. The number of halogens is 1. The molecule has 0 saturated heterocycles. The number of aromatic nitrogens is 1. The highest BCUT2D eigenvalue weighted by molar-refractivity contribution is 7.13. The maximum Gasteiger partial charge on any atom is 0.273 e. The molecule has 0 saturated carbocycles. The first kappa shape index (κ1) is 12.2. The van der Waals surface area contributed by atoms with E-state index in [1.54, 1.807) is 17.5 Å². The summed E-state index contributed by atoms with van der Waals surface area (Å²) < 4.78 is 12.8. The van der Waals surface area contributed by atoms with E-state index in [0.717, 1.165) is 11.3 Å². The van der Waals surface area contributed by atoms with Crippen LogP contribution in [0, 0.1) is 5.82 Å². The van der Waals surface area contributed by atoms with Gasteiger partial charge in [-0.15, -0.1) is 11.3 Å². The van der Waals surface area contributed by atoms with Gasteiger partial charge in [0.05, 0.1) is 5.69 Å². The highest BCUT2D eigenvalue weighted by Crippen LogP contribution is 2.22. The van der Waals surface area contributed by atoms with E-state index >= 15 is 0 Å². The van der Waals surface area contributed by atoms with Crippen LogP contribution in [-0.4, -0.2) is 21.8 Å². The molecule has 0 aliphatic rings. The van der Waals surface area contributed by atoms with Crippen molar-refractivity contribution >= 4 is 23.0 Å². The number of carbonyl (C=O) groups excluding carboxylic acids is 1. The summed E-state index contributed by atoms with van der Waals surface area (Å²) in [6.07, 6.45) is 0. The Morgan fingerprint density at radius 3 is 2.61 bits per heavy atom. The van der Waals surface area contributed by atoms with Crippen molar-refractivity contribution in [2.75, 3.05) is 0 Å². The molecule has 1 aromatic heterocycles. The van der Waals surface area contributed by atoms with Gasteiger partial charge in [-0.3, -0.25) is 4.79 Å². The van der Waals surface area contributed by atoms with Gasteiger partial charge in [0.2, 0.25) is 5.71 Å². The first-order valence-corrected chi connectivity index (χ1v) is 5.73. The molecule has 1 amide bonds. The highest BCUT2D eigenvalue weighted by Gasteiger charge is 2.16. The first-order chi connectivity index (χ1) is 8.61. The molecule has 5 nitrogen and oxygen atoms in total. The number of hydrogen-bond donors (Lipinski definition) is 2. The Labute approximate surface area is 105 Å². The van der Waals surface area contributed by atoms with Gasteiger partial charge in [0.1, 0.15) is 5.82 Å². The third kappa shape index (κ3) is 2.35. The molecule has 92 valence electrons. The average Bonchev–Trinajstić information content (AvgIpc) is 2.80. The summed E-state index contributed by atoms with van der Waals surface area (Å²) in [5.41, 5.74) is 5.98. The van der Waals surface area contributed by atoms with Crippen molar-refractivity contribution < 1.29 is 14.4 Å². The van der Waals surface area contributed by atoms with E-state index in [-0.39, 0.29) is 16.5 Å². The van der Waals surface area contributed by atoms with Crippen molar-refractivity contribution in [3.63, 3.8) is 0 Å². The van der Waals surface area contributed by atoms with E-state index in [2.05, 4.69) is 10.1 Å². The smallest absolute Gasteiger partial charge is 0.273 e. The number of rotatable bonds is 3. The monoisotopic (exact) mass is 265 g/mol. The third-order valence-corrected chi connectivity index (χ3v) is 3.03. The van der Waals surface area contributed by atoms with Crippen LogP contribution in [0.25, 0.3) is 11.3 Å². The SMILES string of the molecule is NC(=O)C(=NO)c1nc(-c2ccc(F)cc2)cs1. The Balaban J connectivity index is 2.36. The van der Waals surface area contributed by atoms with Crippen molar-refractivity contribution in [3.05, 3.63) is 40.5 Å². The summed E-state index contributed by atoms with van der Waals surface area (Å²) in [6, 6.07) is 5.75. The number of primary amides is 1. The van der Waals surface area contributed by atoms with Gasteiger partial charge >= 0.3 is 0 Å². The van der Waals surface area contributed by atoms with E-state index in [1.165, 1.54) is 12.1 Å². The van der Waals surface area contributed by atoms with Crippen LogP contribution in [0.4, 0.5) is 4.39 Å². The van der Waals surface area contributed by atoms with Gasteiger partial charge in [-0.2, -0.15) is 0 Å². The lowest BCUT2D eigenvalue weighted by atomic mass is 10.2. The molecular formula is C11H8FN3O2S. The van der Waals surface area contributed by atoms with Gasteiger partial charge in [-0.05, 0) is 24.3 Å². The zero-order chi connectivity index (χ0) is 13.1. The molecule has 1 aromatic carbocycles. The molecule has 0 unspecified atom stereocenters. The van der Waals surface area contributed by atoms with Crippen LogP contribution in [0.3, 0.4) is 0 Å². The number of benzene rings is 1. The summed E-state index contributed by atoms with van der Waals surface area (Å²) >= 11 is 1.11. The molecule has 0 aliphatic carbocycles. The van der Waals surface area contributed by atoms with Gasteiger partial charge < -0.3 is 10.9 Å². The lowest BCUT2D eigenvalue weighted by Crippen LogP contribution is -2.24. The molecule has 2 rings (SSSR count).